The molecular formula is C24H24ClNO5. The molecule has 0 amide bonds. The quantitative estimate of drug-likeness (QED) is 0.411. The van der Waals surface area contributed by atoms with Gasteiger partial charge in [-0.05, 0) is 55.2 Å². The number of rotatable bonds is 6. The van der Waals surface area contributed by atoms with Crippen LogP contribution in [0, 0.1) is 6.92 Å². The van der Waals surface area contributed by atoms with Crippen molar-refractivity contribution in [1.29, 1.82) is 0 Å². The Hall–Kier alpha value is -2.83. The molecule has 0 unspecified atom stereocenters. The van der Waals surface area contributed by atoms with Crippen molar-refractivity contribution in [3.63, 3.8) is 0 Å². The van der Waals surface area contributed by atoms with E-state index < -0.39 is 0 Å². The number of nitrogens with zero attached hydrogens (tertiary/aromatic N) is 1. The van der Waals surface area contributed by atoms with Crippen LogP contribution in [0.25, 0.3) is 11.0 Å². The Morgan fingerprint density at radius 3 is 2.74 bits per heavy atom. The Morgan fingerprint density at radius 2 is 2.00 bits per heavy atom. The summed E-state index contributed by atoms with van der Waals surface area (Å²) in [6.45, 7) is 5.66. The summed E-state index contributed by atoms with van der Waals surface area (Å²) in [5.74, 6) is 0.450. The van der Waals surface area contributed by atoms with Gasteiger partial charge in [-0.3, -0.25) is 9.69 Å². The molecule has 0 N–H and O–H groups in total. The first-order valence-corrected chi connectivity index (χ1v) is 10.7. The van der Waals surface area contributed by atoms with Crippen molar-refractivity contribution in [2.75, 3.05) is 13.3 Å². The predicted octanol–water partition coefficient (Wildman–Crippen LogP) is 4.60. The van der Waals surface area contributed by atoms with Gasteiger partial charge in [0.2, 0.25) is 0 Å². The minimum absolute atomic E-state index is 0.243. The second-order valence-electron chi connectivity index (χ2n) is 7.66. The summed E-state index contributed by atoms with van der Waals surface area (Å²) >= 11 is 5.99. The van der Waals surface area contributed by atoms with Crippen LogP contribution in [0.4, 0.5) is 0 Å². The van der Waals surface area contributed by atoms with Crippen molar-refractivity contribution in [1.82, 2.24) is 4.90 Å². The van der Waals surface area contributed by atoms with Gasteiger partial charge in [0.25, 0.3) is 0 Å². The molecule has 0 radical (unpaired) electrons. The van der Waals surface area contributed by atoms with Gasteiger partial charge >= 0.3 is 11.6 Å². The largest absolute Gasteiger partial charge is 0.477 e. The van der Waals surface area contributed by atoms with Crippen LogP contribution >= 0.6 is 11.6 Å². The minimum Gasteiger partial charge on any atom is -0.477 e. The van der Waals surface area contributed by atoms with E-state index >= 15 is 0 Å². The van der Waals surface area contributed by atoms with Gasteiger partial charge in [0.15, 0.2) is 0 Å². The summed E-state index contributed by atoms with van der Waals surface area (Å²) < 4.78 is 16.8. The highest BCUT2D eigenvalue weighted by Crippen LogP contribution is 2.37. The third-order valence-electron chi connectivity index (χ3n) is 5.36. The second-order valence-corrected chi connectivity index (χ2v) is 8.10. The SMILES string of the molecule is CCOC(=O)CCc1cc2c(C)cc(=O)oc2c2c1OCN(Cc1ccc(Cl)cc1)C2. The Labute approximate surface area is 185 Å². The Morgan fingerprint density at radius 1 is 1.23 bits per heavy atom. The van der Waals surface area contributed by atoms with Crippen molar-refractivity contribution >= 4 is 28.5 Å². The van der Waals surface area contributed by atoms with Crippen LogP contribution in [0.3, 0.4) is 0 Å². The molecule has 0 atom stereocenters. The van der Waals surface area contributed by atoms with E-state index in [-0.39, 0.29) is 18.0 Å². The minimum atomic E-state index is -0.388. The molecule has 0 bridgehead atoms. The lowest BCUT2D eigenvalue weighted by molar-refractivity contribution is -0.143. The molecule has 1 aromatic heterocycles. The summed E-state index contributed by atoms with van der Waals surface area (Å²) in [6, 6.07) is 11.1. The molecule has 0 spiro atoms. The van der Waals surface area contributed by atoms with Crippen LogP contribution in [0.15, 0.2) is 45.6 Å². The first-order chi connectivity index (χ1) is 14.9. The lowest BCUT2D eigenvalue weighted by atomic mass is 9.97. The molecule has 0 saturated carbocycles. The summed E-state index contributed by atoms with van der Waals surface area (Å²) in [5.41, 5.74) is 3.84. The van der Waals surface area contributed by atoms with E-state index in [2.05, 4.69) is 4.90 Å². The number of esters is 1. The first-order valence-electron chi connectivity index (χ1n) is 10.3. The zero-order chi connectivity index (χ0) is 22.0. The molecule has 0 saturated heterocycles. The van der Waals surface area contributed by atoms with Crippen molar-refractivity contribution in [2.24, 2.45) is 0 Å². The number of hydrogen-bond donors (Lipinski definition) is 0. The van der Waals surface area contributed by atoms with Gasteiger partial charge in [-0.25, -0.2) is 4.79 Å². The van der Waals surface area contributed by atoms with Crippen molar-refractivity contribution in [2.45, 2.75) is 39.8 Å². The highest BCUT2D eigenvalue weighted by molar-refractivity contribution is 6.30. The third kappa shape index (κ3) is 4.75. The van der Waals surface area contributed by atoms with Crippen LogP contribution in [-0.2, 0) is 29.0 Å². The van der Waals surface area contributed by atoms with Gasteiger partial charge < -0.3 is 13.9 Å². The average Bonchev–Trinajstić information content (AvgIpc) is 2.74. The molecule has 1 aliphatic heterocycles. The molecule has 2 heterocycles. The van der Waals surface area contributed by atoms with Crippen LogP contribution in [-0.4, -0.2) is 24.2 Å². The fourth-order valence-corrected chi connectivity index (χ4v) is 4.04. The fraction of sp³-hybridized carbons (Fsp3) is 0.333. The van der Waals surface area contributed by atoms with Crippen LogP contribution < -0.4 is 10.4 Å². The molecule has 1 aliphatic rings. The average molecular weight is 442 g/mol. The maximum absolute atomic E-state index is 12.1. The lowest BCUT2D eigenvalue weighted by Gasteiger charge is -2.31. The number of ether oxygens (including phenoxy) is 2. The summed E-state index contributed by atoms with van der Waals surface area (Å²) in [6.07, 6.45) is 0.756. The lowest BCUT2D eigenvalue weighted by Crippen LogP contribution is -2.32. The standard InChI is InChI=1S/C24H24ClNO5/c1-3-29-21(27)9-6-17-11-19-15(2)10-22(28)31-24(19)20-13-26(14-30-23(17)20)12-16-4-7-18(25)8-5-16/h4-5,7-8,10-11H,3,6,9,12-14H2,1-2H3. The molecule has 7 heteroatoms. The molecule has 0 aliphatic carbocycles. The molecule has 31 heavy (non-hydrogen) atoms. The van der Waals surface area contributed by atoms with Crippen molar-refractivity contribution in [3.8, 4) is 5.75 Å². The normalized spacial score (nSPS) is 13.6. The zero-order valence-corrected chi connectivity index (χ0v) is 18.3. The van der Waals surface area contributed by atoms with Gasteiger partial charge in [0.1, 0.15) is 18.1 Å². The number of halogens is 1. The van der Waals surface area contributed by atoms with E-state index in [4.69, 9.17) is 25.5 Å². The molecular weight excluding hydrogens is 418 g/mol. The molecule has 3 aromatic rings. The first kappa shape index (κ1) is 21.4. The smallest absolute Gasteiger partial charge is 0.336 e. The summed E-state index contributed by atoms with van der Waals surface area (Å²) in [7, 11) is 0. The predicted molar refractivity (Wildman–Crippen MR) is 118 cm³/mol. The molecule has 4 rings (SSSR count). The monoisotopic (exact) mass is 441 g/mol. The van der Waals surface area contributed by atoms with E-state index in [0.717, 1.165) is 27.6 Å². The van der Waals surface area contributed by atoms with E-state index in [9.17, 15) is 9.59 Å². The Bertz CT molecular complexity index is 1170. The van der Waals surface area contributed by atoms with Gasteiger partial charge in [-0.1, -0.05) is 23.7 Å². The van der Waals surface area contributed by atoms with E-state index in [1.165, 1.54) is 6.07 Å². The Balaban J connectivity index is 1.69. The number of fused-ring (bicyclic) bond motifs is 3. The van der Waals surface area contributed by atoms with Crippen LogP contribution in [0.5, 0.6) is 5.75 Å². The summed E-state index contributed by atoms with van der Waals surface area (Å²) in [5, 5.41) is 1.55. The highest BCUT2D eigenvalue weighted by atomic mass is 35.5. The van der Waals surface area contributed by atoms with Crippen LogP contribution in [0.1, 0.15) is 35.6 Å². The molecule has 162 valence electrons. The molecule has 0 fully saturated rings. The maximum atomic E-state index is 12.1. The number of benzene rings is 2. The zero-order valence-electron chi connectivity index (χ0n) is 17.6. The van der Waals surface area contributed by atoms with E-state index in [1.54, 1.807) is 6.92 Å². The van der Waals surface area contributed by atoms with Crippen molar-refractivity contribution < 1.29 is 18.7 Å². The topological polar surface area (TPSA) is 69.0 Å². The van der Waals surface area contributed by atoms with Gasteiger partial charge in [-0.2, -0.15) is 0 Å². The van der Waals surface area contributed by atoms with Crippen molar-refractivity contribution in [3.05, 3.63) is 74.1 Å². The third-order valence-corrected chi connectivity index (χ3v) is 5.61. The van der Waals surface area contributed by atoms with Gasteiger partial charge in [0, 0.05) is 36.0 Å². The highest BCUT2D eigenvalue weighted by Gasteiger charge is 2.25. The van der Waals surface area contributed by atoms with E-state index in [0.29, 0.717) is 49.2 Å². The van der Waals surface area contributed by atoms with Gasteiger partial charge in [-0.15, -0.1) is 0 Å². The number of carbonyl (C=O) groups excluding carboxylic acids is 1. The van der Waals surface area contributed by atoms with E-state index in [1.807, 2.05) is 37.3 Å². The van der Waals surface area contributed by atoms with Crippen LogP contribution in [0.2, 0.25) is 5.02 Å². The number of aryl methyl sites for hydroxylation is 2. The maximum Gasteiger partial charge on any atom is 0.336 e. The number of carbonyl (C=O) groups is 1. The number of hydrogen-bond acceptors (Lipinski definition) is 6. The Kier molecular flexibility index (Phi) is 6.30. The molecule has 6 nitrogen and oxygen atoms in total. The summed E-state index contributed by atoms with van der Waals surface area (Å²) in [4.78, 5) is 26.1. The fourth-order valence-electron chi connectivity index (χ4n) is 3.91. The van der Waals surface area contributed by atoms with Gasteiger partial charge in [0.05, 0.1) is 12.2 Å². The molecule has 2 aromatic carbocycles. The second kappa shape index (κ2) is 9.12.